The number of hydrogen-bond acceptors (Lipinski definition) is 9. The van der Waals surface area contributed by atoms with Gasteiger partial charge in [-0.2, -0.15) is 25.6 Å². The van der Waals surface area contributed by atoms with Gasteiger partial charge in [-0.3, -0.25) is 14.9 Å². The first-order valence-electron chi connectivity index (χ1n) is 7.37. The first-order chi connectivity index (χ1) is 13.7. The minimum atomic E-state index is -6.08. The average molecular weight is 483 g/mol. The van der Waals surface area contributed by atoms with Crippen molar-refractivity contribution in [3.05, 3.63) is 35.0 Å². The number of nitrogens with one attached hydrogen (secondary N) is 1. The van der Waals surface area contributed by atoms with Crippen molar-refractivity contribution in [1.29, 1.82) is 0 Å². The predicted octanol–water partition coefficient (Wildman–Crippen LogP) is 0.614. The Bertz CT molecular complexity index is 1300. The summed E-state index contributed by atoms with van der Waals surface area (Å²) in [7, 11) is -10.2. The highest BCUT2D eigenvalue weighted by Crippen LogP contribution is 2.33. The van der Waals surface area contributed by atoms with Crippen LogP contribution in [0.4, 0.5) is 18.0 Å². The minimum Gasteiger partial charge on any atom is -0.282 e. The first-order valence-corrected chi connectivity index (χ1v) is 11.2. The number of sulfonamides is 1. The molecule has 2 heterocycles. The van der Waals surface area contributed by atoms with Crippen molar-refractivity contribution in [2.75, 3.05) is 0 Å². The van der Waals surface area contributed by atoms with Crippen LogP contribution in [0.15, 0.2) is 34.1 Å². The third-order valence-corrected chi connectivity index (χ3v) is 6.69. The van der Waals surface area contributed by atoms with Gasteiger partial charge in [0.15, 0.2) is 11.6 Å². The molecular weight excluding hydrogens is 475 g/mol. The number of carbonyl (C=O) groups excluding carboxylic acids is 2. The molecule has 0 saturated carbocycles. The highest BCUT2D eigenvalue weighted by atomic mass is 32.2. The van der Waals surface area contributed by atoms with Gasteiger partial charge < -0.3 is 0 Å². The fourth-order valence-electron chi connectivity index (χ4n) is 2.22. The van der Waals surface area contributed by atoms with Crippen LogP contribution in [0.5, 0.6) is 0 Å². The molecule has 0 unspecified atom stereocenters. The van der Waals surface area contributed by atoms with Crippen molar-refractivity contribution in [2.24, 2.45) is 5.14 Å². The van der Waals surface area contributed by atoms with Gasteiger partial charge in [0.2, 0.25) is 10.0 Å². The summed E-state index contributed by atoms with van der Waals surface area (Å²) >= 11 is 0.329. The maximum atomic E-state index is 13.2. The van der Waals surface area contributed by atoms with Crippen molar-refractivity contribution in [3.63, 3.8) is 0 Å². The minimum absolute atomic E-state index is 0.244. The molecule has 2 aromatic rings. The third kappa shape index (κ3) is 3.95. The number of carbonyl (C=O) groups is 2. The average Bonchev–Trinajstić information content (AvgIpc) is 3.17. The lowest BCUT2D eigenvalue weighted by Crippen LogP contribution is -2.31. The monoisotopic (exact) mass is 483 g/mol. The van der Waals surface area contributed by atoms with Crippen LogP contribution in [0, 0.1) is 0 Å². The second kappa shape index (κ2) is 7.18. The van der Waals surface area contributed by atoms with Crippen LogP contribution in [0.25, 0.3) is 17.5 Å². The van der Waals surface area contributed by atoms with Crippen LogP contribution in [0.1, 0.15) is 5.82 Å². The van der Waals surface area contributed by atoms with Crippen LogP contribution in [-0.4, -0.2) is 47.7 Å². The number of alkyl halides is 3. The Balaban J connectivity index is 2.23. The van der Waals surface area contributed by atoms with E-state index in [4.69, 9.17) is 5.14 Å². The van der Waals surface area contributed by atoms with Gasteiger partial charge >= 0.3 is 15.5 Å². The van der Waals surface area contributed by atoms with E-state index < -0.39 is 53.3 Å². The van der Waals surface area contributed by atoms with Crippen molar-refractivity contribution < 1.29 is 39.6 Å². The standard InChI is InChI=1S/C13H8F3N5O6S3/c14-13(15,16)30(26,27)21-9(5-8-11(22)18-12(23)28-8)19-20-10(21)6-1-3-7(4-2-6)29(17,24)25/h1-5H,(H2,17,24,25)(H,18,22,23)/b8-5-. The molecule has 3 rings (SSSR count). The van der Waals surface area contributed by atoms with Crippen LogP contribution in [0.2, 0.25) is 0 Å². The van der Waals surface area contributed by atoms with Gasteiger partial charge in [0.05, 0.1) is 9.80 Å². The highest BCUT2D eigenvalue weighted by molar-refractivity contribution is 8.18. The summed E-state index contributed by atoms with van der Waals surface area (Å²) < 4.78 is 86.3. The number of imide groups is 1. The Kier molecular flexibility index (Phi) is 5.25. The van der Waals surface area contributed by atoms with Crippen LogP contribution in [-0.2, 0) is 24.8 Å². The van der Waals surface area contributed by atoms with E-state index in [2.05, 4.69) is 10.2 Å². The lowest BCUT2D eigenvalue weighted by Gasteiger charge is -2.12. The molecule has 0 aliphatic carbocycles. The van der Waals surface area contributed by atoms with Gasteiger partial charge in [-0.15, -0.1) is 10.2 Å². The van der Waals surface area contributed by atoms with Gasteiger partial charge in [-0.05, 0) is 36.0 Å². The predicted molar refractivity (Wildman–Crippen MR) is 96.3 cm³/mol. The molecule has 1 aromatic carbocycles. The summed E-state index contributed by atoms with van der Waals surface area (Å²) in [5.41, 5.74) is -6.01. The number of hydrogen-bond donors (Lipinski definition) is 2. The lowest BCUT2D eigenvalue weighted by molar-refractivity contribution is -0.115. The maximum absolute atomic E-state index is 13.2. The first kappa shape index (κ1) is 21.9. The van der Waals surface area contributed by atoms with Crippen LogP contribution < -0.4 is 10.5 Å². The largest absolute Gasteiger partial charge is 0.517 e. The number of benzene rings is 1. The van der Waals surface area contributed by atoms with E-state index in [1.807, 2.05) is 5.32 Å². The molecule has 0 atom stereocenters. The van der Waals surface area contributed by atoms with Gasteiger partial charge in [-0.25, -0.2) is 13.6 Å². The number of nitrogens with two attached hydrogens (primary N) is 1. The van der Waals surface area contributed by atoms with Crippen LogP contribution in [0.3, 0.4) is 0 Å². The zero-order valence-electron chi connectivity index (χ0n) is 14.1. The van der Waals surface area contributed by atoms with E-state index >= 15 is 0 Å². The molecule has 1 fully saturated rings. The molecule has 1 aromatic heterocycles. The SMILES string of the molecule is NS(=O)(=O)c1ccc(-c2nnc(/C=C3\SC(=O)NC3=O)n2S(=O)(=O)C(F)(F)F)cc1. The summed E-state index contributed by atoms with van der Waals surface area (Å²) in [5, 5.41) is 12.8. The van der Waals surface area contributed by atoms with Gasteiger partial charge in [0.1, 0.15) is 0 Å². The number of nitrogens with zero attached hydrogens (tertiary/aromatic N) is 3. The van der Waals surface area contributed by atoms with Crippen molar-refractivity contribution in [2.45, 2.75) is 10.4 Å². The van der Waals surface area contributed by atoms with E-state index in [1.165, 1.54) is 0 Å². The van der Waals surface area contributed by atoms with Gasteiger partial charge in [-0.1, -0.05) is 0 Å². The van der Waals surface area contributed by atoms with Crippen molar-refractivity contribution in [3.8, 4) is 11.4 Å². The maximum Gasteiger partial charge on any atom is 0.517 e. The van der Waals surface area contributed by atoms with Crippen molar-refractivity contribution >= 4 is 49.0 Å². The molecule has 0 radical (unpaired) electrons. The molecule has 0 spiro atoms. The zero-order chi connectivity index (χ0) is 22.5. The fourth-order valence-corrected chi connectivity index (χ4v) is 4.30. The Labute approximate surface area is 170 Å². The molecule has 3 N–H and O–H groups in total. The molecule has 160 valence electrons. The summed E-state index contributed by atoms with van der Waals surface area (Å²) in [5.74, 6) is -2.66. The van der Waals surface area contributed by atoms with Gasteiger partial charge in [0.25, 0.3) is 11.1 Å². The Morgan fingerprint density at radius 1 is 1.07 bits per heavy atom. The number of primary sulfonamides is 1. The summed E-state index contributed by atoms with van der Waals surface area (Å²) in [4.78, 5) is 22.1. The Morgan fingerprint density at radius 2 is 1.67 bits per heavy atom. The second-order valence-corrected chi connectivity index (χ2v) is 9.87. The number of aromatic nitrogens is 3. The topological polar surface area (TPSA) is 171 Å². The normalized spacial score (nSPS) is 16.9. The Hall–Kier alpha value is -2.76. The quantitative estimate of drug-likeness (QED) is 0.591. The summed E-state index contributed by atoms with van der Waals surface area (Å²) in [6, 6.07) is 3.81. The number of halogens is 3. The number of amides is 2. The van der Waals surface area contributed by atoms with E-state index in [-0.39, 0.29) is 14.4 Å². The summed E-state index contributed by atoms with van der Waals surface area (Å²) in [6.45, 7) is 0. The van der Waals surface area contributed by atoms with Gasteiger partial charge in [0, 0.05) is 11.6 Å². The molecule has 17 heteroatoms. The lowest BCUT2D eigenvalue weighted by atomic mass is 10.2. The number of thioether (sulfide) groups is 1. The highest BCUT2D eigenvalue weighted by Gasteiger charge is 2.50. The van der Waals surface area contributed by atoms with Crippen molar-refractivity contribution in [1.82, 2.24) is 19.5 Å². The zero-order valence-corrected chi connectivity index (χ0v) is 16.6. The van der Waals surface area contributed by atoms with E-state index in [0.717, 1.165) is 24.3 Å². The molecule has 0 bridgehead atoms. The molecule has 1 aliphatic rings. The molecule has 1 saturated heterocycles. The molecule has 2 amide bonds. The second-order valence-electron chi connectivity index (χ2n) is 5.52. The molecule has 30 heavy (non-hydrogen) atoms. The molecule has 1 aliphatic heterocycles. The molecule has 11 nitrogen and oxygen atoms in total. The van der Waals surface area contributed by atoms with E-state index in [9.17, 15) is 39.6 Å². The Morgan fingerprint density at radius 3 is 2.13 bits per heavy atom. The summed E-state index contributed by atoms with van der Waals surface area (Å²) in [6.07, 6.45) is 0.656. The fraction of sp³-hybridized carbons (Fsp3) is 0.0769. The van der Waals surface area contributed by atoms with E-state index in [1.54, 1.807) is 0 Å². The van der Waals surface area contributed by atoms with Crippen LogP contribution >= 0.6 is 11.8 Å². The number of rotatable bonds is 4. The van der Waals surface area contributed by atoms with E-state index in [0.29, 0.717) is 17.8 Å². The smallest absolute Gasteiger partial charge is 0.282 e. The molecular formula is C13H8F3N5O6S3. The third-order valence-electron chi connectivity index (χ3n) is 3.52.